The summed E-state index contributed by atoms with van der Waals surface area (Å²) in [4.78, 5) is 14.2. The van der Waals surface area contributed by atoms with Gasteiger partial charge in [0.2, 0.25) is 11.1 Å². The maximum atomic E-state index is 13.4. The van der Waals surface area contributed by atoms with Gasteiger partial charge in [0.1, 0.15) is 5.82 Å². The fraction of sp³-hybridized carbons (Fsp3) is 0.467. The van der Waals surface area contributed by atoms with Crippen LogP contribution in [0.25, 0.3) is 5.69 Å². The second kappa shape index (κ2) is 7.27. The molecule has 0 aliphatic carbocycles. The average Bonchev–Trinajstić information content (AvgIpc) is 3.00. The van der Waals surface area contributed by atoms with Crippen LogP contribution >= 0.6 is 11.8 Å². The molecule has 1 aromatic carbocycles. The summed E-state index contributed by atoms with van der Waals surface area (Å²) in [7, 11) is 0. The number of carbonyl (C=O) groups excluding carboxylic acids is 1. The lowest BCUT2D eigenvalue weighted by Crippen LogP contribution is -2.48. The van der Waals surface area contributed by atoms with E-state index < -0.39 is 0 Å². The molecule has 128 valence electrons. The Morgan fingerprint density at radius 2 is 2.12 bits per heavy atom. The Morgan fingerprint density at radius 3 is 2.83 bits per heavy atom. The van der Waals surface area contributed by atoms with Gasteiger partial charge in [-0.3, -0.25) is 4.79 Å². The van der Waals surface area contributed by atoms with Gasteiger partial charge in [-0.15, -0.1) is 5.10 Å². The minimum atomic E-state index is -0.369. The number of hydrogen-bond acceptors (Lipinski definition) is 6. The van der Waals surface area contributed by atoms with Crippen molar-refractivity contribution in [1.82, 2.24) is 25.1 Å². The number of thioether (sulfide) groups is 1. The average molecular weight is 351 g/mol. The van der Waals surface area contributed by atoms with Crippen molar-refractivity contribution in [3.8, 4) is 5.69 Å². The zero-order valence-corrected chi connectivity index (χ0v) is 14.2. The molecule has 0 unspecified atom stereocenters. The number of aromatic nitrogens is 4. The number of nitrogens with zero attached hydrogens (tertiary/aromatic N) is 5. The van der Waals surface area contributed by atoms with Crippen LogP contribution in [0.5, 0.6) is 0 Å². The smallest absolute Gasteiger partial charge is 0.233 e. The van der Waals surface area contributed by atoms with Crippen LogP contribution < -0.4 is 0 Å². The molecule has 0 bridgehead atoms. The van der Waals surface area contributed by atoms with E-state index in [-0.39, 0.29) is 29.7 Å². The maximum absolute atomic E-state index is 13.4. The molecule has 1 aliphatic heterocycles. The molecule has 0 spiro atoms. The second-order valence-electron chi connectivity index (χ2n) is 5.70. The van der Waals surface area contributed by atoms with Crippen LogP contribution in [0, 0.1) is 5.82 Å². The molecule has 1 saturated heterocycles. The Hall–Kier alpha value is -2.00. The van der Waals surface area contributed by atoms with Crippen LogP contribution in [0.4, 0.5) is 4.39 Å². The molecule has 1 amide bonds. The number of hydrogen-bond donors (Lipinski definition) is 0. The van der Waals surface area contributed by atoms with Crippen LogP contribution in [-0.4, -0.2) is 62.1 Å². The molecule has 0 saturated carbocycles. The summed E-state index contributed by atoms with van der Waals surface area (Å²) in [5.41, 5.74) is 0.517. The number of morpholine rings is 1. The topological polar surface area (TPSA) is 73.1 Å². The highest BCUT2D eigenvalue weighted by Gasteiger charge is 2.26. The number of rotatable bonds is 4. The zero-order chi connectivity index (χ0) is 17.1. The van der Waals surface area contributed by atoms with E-state index in [1.165, 1.54) is 28.6 Å². The van der Waals surface area contributed by atoms with Gasteiger partial charge in [0, 0.05) is 13.1 Å². The van der Waals surface area contributed by atoms with Crippen LogP contribution in [0.1, 0.15) is 13.8 Å². The SMILES string of the molecule is C[C@@H]1CN(C(=O)CSc2nnnn2-c2cccc(F)c2)C[C@@H](C)O1. The van der Waals surface area contributed by atoms with Crippen molar-refractivity contribution in [3.05, 3.63) is 30.1 Å². The standard InChI is InChI=1S/C15H18FN5O2S/c1-10-7-20(8-11(2)23-10)14(22)9-24-15-17-18-19-21(15)13-5-3-4-12(16)6-13/h3-6,10-11H,7-9H2,1-2H3/t10-,11-/m1/s1. The fourth-order valence-electron chi connectivity index (χ4n) is 2.64. The minimum absolute atomic E-state index is 0.00999. The number of benzene rings is 1. The number of ether oxygens (including phenoxy) is 1. The van der Waals surface area contributed by atoms with E-state index in [0.29, 0.717) is 23.9 Å². The highest BCUT2D eigenvalue weighted by atomic mass is 32.2. The monoisotopic (exact) mass is 351 g/mol. The van der Waals surface area contributed by atoms with E-state index in [2.05, 4.69) is 15.5 Å². The maximum Gasteiger partial charge on any atom is 0.233 e. The number of amides is 1. The first-order valence-corrected chi connectivity index (χ1v) is 8.62. The first-order chi connectivity index (χ1) is 11.5. The van der Waals surface area contributed by atoms with Crippen molar-refractivity contribution in [2.75, 3.05) is 18.8 Å². The summed E-state index contributed by atoms with van der Waals surface area (Å²) in [6, 6.07) is 5.98. The minimum Gasteiger partial charge on any atom is -0.372 e. The van der Waals surface area contributed by atoms with E-state index in [9.17, 15) is 9.18 Å². The van der Waals surface area contributed by atoms with Gasteiger partial charge in [-0.2, -0.15) is 4.68 Å². The normalized spacial score (nSPS) is 21.0. The summed E-state index contributed by atoms with van der Waals surface area (Å²) in [6.45, 7) is 5.07. The van der Waals surface area contributed by atoms with E-state index in [1.807, 2.05) is 13.8 Å². The van der Waals surface area contributed by atoms with Crippen molar-refractivity contribution >= 4 is 17.7 Å². The molecule has 24 heavy (non-hydrogen) atoms. The number of tetrazole rings is 1. The number of carbonyl (C=O) groups is 1. The summed E-state index contributed by atoms with van der Waals surface area (Å²) in [5, 5.41) is 11.8. The molecular weight excluding hydrogens is 333 g/mol. The van der Waals surface area contributed by atoms with Crippen molar-refractivity contribution in [2.24, 2.45) is 0 Å². The van der Waals surface area contributed by atoms with E-state index in [4.69, 9.17) is 4.74 Å². The van der Waals surface area contributed by atoms with Gasteiger partial charge in [0.05, 0.1) is 23.6 Å². The van der Waals surface area contributed by atoms with Gasteiger partial charge in [-0.1, -0.05) is 17.8 Å². The third kappa shape index (κ3) is 3.90. The quantitative estimate of drug-likeness (QED) is 0.778. The highest BCUT2D eigenvalue weighted by Crippen LogP contribution is 2.20. The van der Waals surface area contributed by atoms with Gasteiger partial charge >= 0.3 is 0 Å². The second-order valence-corrected chi connectivity index (χ2v) is 6.64. The van der Waals surface area contributed by atoms with Gasteiger partial charge in [0.25, 0.3) is 0 Å². The molecule has 2 atom stereocenters. The van der Waals surface area contributed by atoms with Gasteiger partial charge < -0.3 is 9.64 Å². The summed E-state index contributed by atoms with van der Waals surface area (Å²) < 4.78 is 20.4. The fourth-order valence-corrected chi connectivity index (χ4v) is 3.43. The predicted octanol–water partition coefficient (Wildman–Crippen LogP) is 1.53. The lowest BCUT2D eigenvalue weighted by molar-refractivity contribution is -0.140. The Bertz CT molecular complexity index is 715. The van der Waals surface area contributed by atoms with Crippen LogP contribution in [0.3, 0.4) is 0 Å². The van der Waals surface area contributed by atoms with Crippen molar-refractivity contribution in [2.45, 2.75) is 31.2 Å². The van der Waals surface area contributed by atoms with Crippen LogP contribution in [0.2, 0.25) is 0 Å². The molecule has 0 radical (unpaired) electrons. The van der Waals surface area contributed by atoms with E-state index in [1.54, 1.807) is 17.0 Å². The predicted molar refractivity (Wildman–Crippen MR) is 86.4 cm³/mol. The number of halogens is 1. The van der Waals surface area contributed by atoms with Crippen LogP contribution in [0.15, 0.2) is 29.4 Å². The molecule has 3 rings (SSSR count). The Labute approximate surface area is 143 Å². The third-order valence-electron chi connectivity index (χ3n) is 3.59. The molecule has 0 N–H and O–H groups in total. The Balaban J connectivity index is 1.65. The van der Waals surface area contributed by atoms with E-state index >= 15 is 0 Å². The molecule has 1 aromatic heterocycles. The van der Waals surface area contributed by atoms with Crippen molar-refractivity contribution in [3.63, 3.8) is 0 Å². The zero-order valence-electron chi connectivity index (χ0n) is 13.4. The summed E-state index contributed by atoms with van der Waals surface area (Å²) >= 11 is 1.23. The summed E-state index contributed by atoms with van der Waals surface area (Å²) in [6.07, 6.45) is 0.0561. The van der Waals surface area contributed by atoms with Gasteiger partial charge in [-0.05, 0) is 42.5 Å². The Morgan fingerprint density at radius 1 is 1.38 bits per heavy atom. The third-order valence-corrected chi connectivity index (χ3v) is 4.49. The van der Waals surface area contributed by atoms with Crippen molar-refractivity contribution < 1.29 is 13.9 Å². The Kier molecular flexibility index (Phi) is 5.10. The van der Waals surface area contributed by atoms with Crippen molar-refractivity contribution in [1.29, 1.82) is 0 Å². The molecule has 1 aliphatic rings. The molecule has 2 aromatic rings. The molecule has 1 fully saturated rings. The highest BCUT2D eigenvalue weighted by molar-refractivity contribution is 7.99. The molecule has 2 heterocycles. The lowest BCUT2D eigenvalue weighted by Gasteiger charge is -2.35. The van der Waals surface area contributed by atoms with Gasteiger partial charge in [0.15, 0.2) is 0 Å². The first-order valence-electron chi connectivity index (χ1n) is 7.63. The summed E-state index contributed by atoms with van der Waals surface area (Å²) in [5.74, 6) is -0.142. The van der Waals surface area contributed by atoms with E-state index in [0.717, 1.165) is 0 Å². The molecule has 7 nitrogen and oxygen atoms in total. The largest absolute Gasteiger partial charge is 0.372 e. The first kappa shape index (κ1) is 16.8. The lowest BCUT2D eigenvalue weighted by atomic mass is 10.2. The molecular formula is C15H18FN5O2S. The van der Waals surface area contributed by atoms with Gasteiger partial charge in [-0.25, -0.2) is 4.39 Å². The van der Waals surface area contributed by atoms with Crippen LogP contribution in [-0.2, 0) is 9.53 Å². The molecule has 9 heteroatoms.